The van der Waals surface area contributed by atoms with Crippen molar-refractivity contribution < 1.29 is 23.9 Å². The summed E-state index contributed by atoms with van der Waals surface area (Å²) in [5.74, 6) is -1.67. The number of hydrogen-bond acceptors (Lipinski definition) is 7. The average Bonchev–Trinajstić information content (AvgIpc) is 2.71. The lowest BCUT2D eigenvalue weighted by atomic mass is 10.2. The van der Waals surface area contributed by atoms with Crippen LogP contribution in [0.15, 0.2) is 53.9 Å². The lowest BCUT2D eigenvalue weighted by Gasteiger charge is -2.05. The third-order valence-electron chi connectivity index (χ3n) is 3.25. The number of esters is 1. The molecule has 2 amide bonds. The maximum atomic E-state index is 11.7. The van der Waals surface area contributed by atoms with Crippen molar-refractivity contribution >= 4 is 24.0 Å². The molecule has 0 spiro atoms. The first kappa shape index (κ1) is 19.6. The maximum absolute atomic E-state index is 11.7. The topological polar surface area (TPSA) is 119 Å². The Morgan fingerprint density at radius 2 is 1.78 bits per heavy atom. The Morgan fingerprint density at radius 3 is 2.44 bits per heavy atom. The summed E-state index contributed by atoms with van der Waals surface area (Å²) in [7, 11) is 1.28. The smallest absolute Gasteiger partial charge is 0.343 e. The summed E-state index contributed by atoms with van der Waals surface area (Å²) in [6.07, 6.45) is 4.56. The van der Waals surface area contributed by atoms with Gasteiger partial charge in [0, 0.05) is 18.9 Å². The number of ether oxygens (including phenoxy) is 2. The molecule has 2 N–H and O–H groups in total. The molecule has 27 heavy (non-hydrogen) atoms. The molecule has 0 saturated heterocycles. The normalized spacial score (nSPS) is 10.3. The van der Waals surface area contributed by atoms with Gasteiger partial charge in [-0.2, -0.15) is 5.10 Å². The van der Waals surface area contributed by atoms with Crippen LogP contribution < -0.4 is 15.5 Å². The fourth-order valence-electron chi connectivity index (χ4n) is 1.83. The van der Waals surface area contributed by atoms with E-state index in [1.54, 1.807) is 48.8 Å². The first-order chi connectivity index (χ1) is 13.1. The molecule has 2 aromatic rings. The van der Waals surface area contributed by atoms with Crippen LogP contribution in [0.3, 0.4) is 0 Å². The van der Waals surface area contributed by atoms with Gasteiger partial charge in [0.15, 0.2) is 6.61 Å². The van der Waals surface area contributed by atoms with E-state index in [0.29, 0.717) is 11.3 Å². The molecule has 1 aromatic carbocycles. The Hall–Kier alpha value is -3.75. The van der Waals surface area contributed by atoms with Gasteiger partial charge in [-0.1, -0.05) is 0 Å². The molecule has 1 aromatic heterocycles. The molecule has 0 bridgehead atoms. The van der Waals surface area contributed by atoms with Crippen LogP contribution in [-0.4, -0.2) is 42.7 Å². The van der Waals surface area contributed by atoms with Gasteiger partial charge in [0.2, 0.25) is 0 Å². The third-order valence-corrected chi connectivity index (χ3v) is 3.25. The quantitative estimate of drug-likeness (QED) is 0.315. The van der Waals surface area contributed by atoms with E-state index in [9.17, 15) is 14.4 Å². The van der Waals surface area contributed by atoms with Crippen LogP contribution in [0.1, 0.15) is 11.1 Å². The molecular formula is C18H18N4O5. The van der Waals surface area contributed by atoms with E-state index in [2.05, 4.69) is 25.6 Å². The van der Waals surface area contributed by atoms with Gasteiger partial charge in [0.1, 0.15) is 5.75 Å². The highest BCUT2D eigenvalue weighted by Crippen LogP contribution is 2.10. The van der Waals surface area contributed by atoms with E-state index in [4.69, 9.17) is 4.74 Å². The average molecular weight is 370 g/mol. The highest BCUT2D eigenvalue weighted by Gasteiger charge is 2.11. The number of carbonyl (C=O) groups is 3. The van der Waals surface area contributed by atoms with Gasteiger partial charge in [-0.15, -0.1) is 0 Å². The molecule has 0 radical (unpaired) electrons. The van der Waals surface area contributed by atoms with Crippen molar-refractivity contribution in [2.45, 2.75) is 6.54 Å². The van der Waals surface area contributed by atoms with Crippen LogP contribution in [0.5, 0.6) is 5.75 Å². The molecule has 0 aliphatic rings. The van der Waals surface area contributed by atoms with Crippen LogP contribution in [0.25, 0.3) is 0 Å². The number of amides is 2. The number of aromatic nitrogens is 1. The summed E-state index contributed by atoms with van der Waals surface area (Å²) in [5.41, 5.74) is 3.63. The highest BCUT2D eigenvalue weighted by molar-refractivity contribution is 6.35. The van der Waals surface area contributed by atoms with Crippen molar-refractivity contribution in [3.63, 3.8) is 0 Å². The molecular weight excluding hydrogens is 352 g/mol. The van der Waals surface area contributed by atoms with E-state index in [1.165, 1.54) is 13.3 Å². The van der Waals surface area contributed by atoms with Crippen LogP contribution >= 0.6 is 0 Å². The molecule has 140 valence electrons. The largest absolute Gasteiger partial charge is 0.482 e. The first-order valence-corrected chi connectivity index (χ1v) is 7.88. The van der Waals surface area contributed by atoms with Gasteiger partial charge in [-0.25, -0.2) is 10.2 Å². The van der Waals surface area contributed by atoms with Crippen LogP contribution in [0.2, 0.25) is 0 Å². The van der Waals surface area contributed by atoms with Crippen molar-refractivity contribution in [3.05, 3.63) is 59.9 Å². The van der Waals surface area contributed by atoms with E-state index in [1.807, 2.05) is 0 Å². The van der Waals surface area contributed by atoms with Gasteiger partial charge < -0.3 is 14.8 Å². The van der Waals surface area contributed by atoms with Gasteiger partial charge in [0.05, 0.1) is 13.3 Å². The Balaban J connectivity index is 1.76. The summed E-state index contributed by atoms with van der Waals surface area (Å²) >= 11 is 0. The molecule has 0 aliphatic heterocycles. The lowest BCUT2D eigenvalue weighted by Crippen LogP contribution is -2.37. The SMILES string of the molecule is COC(=O)COc1ccc(/C=N\NC(=O)C(=O)NCc2ccncc2)cc1. The third kappa shape index (κ3) is 6.94. The predicted octanol–water partition coefficient (Wildman–Crippen LogP) is 0.400. The molecule has 9 heteroatoms. The molecule has 0 fully saturated rings. The van der Waals surface area contributed by atoms with Crippen LogP contribution in [0, 0.1) is 0 Å². The molecule has 2 rings (SSSR count). The summed E-state index contributed by atoms with van der Waals surface area (Å²) in [6.45, 7) is 0.0279. The van der Waals surface area contributed by atoms with Crippen molar-refractivity contribution in [1.29, 1.82) is 0 Å². The number of benzene rings is 1. The zero-order valence-electron chi connectivity index (χ0n) is 14.5. The molecule has 0 aliphatic carbocycles. The number of methoxy groups -OCH3 is 1. The van der Waals surface area contributed by atoms with Crippen LogP contribution in [-0.2, 0) is 25.7 Å². The van der Waals surface area contributed by atoms with Crippen LogP contribution in [0.4, 0.5) is 0 Å². The van der Waals surface area contributed by atoms with Gasteiger partial charge >= 0.3 is 17.8 Å². The second-order valence-electron chi connectivity index (χ2n) is 5.17. The van der Waals surface area contributed by atoms with E-state index in [-0.39, 0.29) is 13.2 Å². The first-order valence-electron chi connectivity index (χ1n) is 7.88. The zero-order chi connectivity index (χ0) is 19.5. The lowest BCUT2D eigenvalue weighted by molar-refractivity contribution is -0.142. The standard InChI is InChI=1S/C18H18N4O5/c1-26-16(23)12-27-15-4-2-13(3-5-15)11-21-22-18(25)17(24)20-10-14-6-8-19-9-7-14/h2-9,11H,10,12H2,1H3,(H,20,24)(H,22,25)/b21-11-. The predicted molar refractivity (Wildman–Crippen MR) is 95.8 cm³/mol. The highest BCUT2D eigenvalue weighted by atomic mass is 16.6. The number of nitrogens with zero attached hydrogens (tertiary/aromatic N) is 2. The second kappa shape index (κ2) is 10.3. The Morgan fingerprint density at radius 1 is 1.07 bits per heavy atom. The number of pyridine rings is 1. The van der Waals surface area contributed by atoms with Gasteiger partial charge in [-0.3, -0.25) is 14.6 Å². The minimum Gasteiger partial charge on any atom is -0.482 e. The fraction of sp³-hybridized carbons (Fsp3) is 0.167. The van der Waals surface area contributed by atoms with E-state index >= 15 is 0 Å². The number of carbonyl (C=O) groups excluding carboxylic acids is 3. The minimum absolute atomic E-state index is 0.186. The molecule has 0 atom stereocenters. The van der Waals surface area contributed by atoms with Crippen molar-refractivity contribution in [1.82, 2.24) is 15.7 Å². The fourth-order valence-corrected chi connectivity index (χ4v) is 1.83. The molecule has 1 heterocycles. The molecule has 0 saturated carbocycles. The molecule has 9 nitrogen and oxygen atoms in total. The number of nitrogens with one attached hydrogen (secondary N) is 2. The second-order valence-corrected chi connectivity index (χ2v) is 5.17. The van der Waals surface area contributed by atoms with Gasteiger partial charge in [-0.05, 0) is 47.5 Å². The molecule has 0 unspecified atom stereocenters. The van der Waals surface area contributed by atoms with E-state index in [0.717, 1.165) is 5.56 Å². The Bertz CT molecular complexity index is 806. The summed E-state index contributed by atoms with van der Waals surface area (Å²) in [4.78, 5) is 38.2. The maximum Gasteiger partial charge on any atom is 0.343 e. The number of hydrogen-bond donors (Lipinski definition) is 2. The van der Waals surface area contributed by atoms with Crippen molar-refractivity contribution in [3.8, 4) is 5.75 Å². The summed E-state index contributed by atoms with van der Waals surface area (Å²) in [5, 5.41) is 6.20. The Kier molecular flexibility index (Phi) is 7.46. The van der Waals surface area contributed by atoms with Crippen molar-refractivity contribution in [2.75, 3.05) is 13.7 Å². The zero-order valence-corrected chi connectivity index (χ0v) is 14.5. The van der Waals surface area contributed by atoms with Crippen molar-refractivity contribution in [2.24, 2.45) is 5.10 Å². The minimum atomic E-state index is -0.877. The summed E-state index contributed by atoms with van der Waals surface area (Å²) < 4.78 is 9.68. The number of rotatable bonds is 7. The monoisotopic (exact) mass is 370 g/mol. The summed E-state index contributed by atoms with van der Waals surface area (Å²) in [6, 6.07) is 10.1. The number of hydrazone groups is 1. The van der Waals surface area contributed by atoms with Gasteiger partial charge in [0.25, 0.3) is 0 Å². The Labute approximate surface area is 155 Å². The van der Waals surface area contributed by atoms with E-state index < -0.39 is 17.8 Å².